The van der Waals surface area contributed by atoms with Crippen LogP contribution in [0, 0.1) is 0 Å². The summed E-state index contributed by atoms with van der Waals surface area (Å²) in [5.74, 6) is -1.36. The van der Waals surface area contributed by atoms with Gasteiger partial charge in [-0.2, -0.15) is 0 Å². The number of alkyl carbamates (subject to hydrolysis) is 1. The van der Waals surface area contributed by atoms with Crippen LogP contribution >= 0.6 is 0 Å². The number of hydrogen-bond donors (Lipinski definition) is 3. The summed E-state index contributed by atoms with van der Waals surface area (Å²) in [4.78, 5) is 53.3. The van der Waals surface area contributed by atoms with Crippen molar-refractivity contribution in [2.24, 2.45) is 5.73 Å². The highest BCUT2D eigenvalue weighted by Gasteiger charge is 2.38. The number of hydrogen-bond acceptors (Lipinski definition) is 5. The van der Waals surface area contributed by atoms with Gasteiger partial charge in [-0.3, -0.25) is 14.4 Å². The minimum atomic E-state index is -1.10. The van der Waals surface area contributed by atoms with Crippen LogP contribution in [0.2, 0.25) is 0 Å². The fourth-order valence-corrected chi connectivity index (χ4v) is 3.83. The summed E-state index contributed by atoms with van der Waals surface area (Å²) in [7, 11) is 0. The second-order valence-electron chi connectivity index (χ2n) is 10.3. The average Bonchev–Trinajstić information content (AvgIpc) is 2.83. The van der Waals surface area contributed by atoms with E-state index < -0.39 is 35.6 Å². The van der Waals surface area contributed by atoms with Crippen molar-refractivity contribution < 1.29 is 23.9 Å². The Kier molecular flexibility index (Phi) is 13.1. The molecule has 1 rings (SSSR count). The van der Waals surface area contributed by atoms with Gasteiger partial charge < -0.3 is 26.0 Å². The Morgan fingerprint density at radius 3 is 2.16 bits per heavy atom. The third-order valence-electron chi connectivity index (χ3n) is 6.05. The molecule has 9 heteroatoms. The Hall–Kier alpha value is -3.10. The van der Waals surface area contributed by atoms with Crippen molar-refractivity contribution in [1.82, 2.24) is 15.5 Å². The molecule has 0 aliphatic rings. The first-order valence-electron chi connectivity index (χ1n) is 13.3. The lowest BCUT2D eigenvalue weighted by atomic mass is 9.97. The molecule has 37 heavy (non-hydrogen) atoms. The maximum absolute atomic E-state index is 14.1. The molecule has 0 saturated carbocycles. The minimum absolute atomic E-state index is 0.0146. The zero-order valence-electron chi connectivity index (χ0n) is 23.6. The number of rotatable bonds is 14. The van der Waals surface area contributed by atoms with Crippen molar-refractivity contribution in [2.75, 3.05) is 6.54 Å². The van der Waals surface area contributed by atoms with E-state index in [9.17, 15) is 19.2 Å². The van der Waals surface area contributed by atoms with Gasteiger partial charge in [0.05, 0.1) is 0 Å². The quantitative estimate of drug-likeness (QED) is 0.321. The average molecular weight is 519 g/mol. The molecule has 0 spiro atoms. The lowest BCUT2D eigenvalue weighted by molar-refractivity contribution is -0.145. The monoisotopic (exact) mass is 518 g/mol. The maximum Gasteiger partial charge on any atom is 0.408 e. The van der Waals surface area contributed by atoms with E-state index in [0.29, 0.717) is 18.5 Å². The lowest BCUT2D eigenvalue weighted by Gasteiger charge is -2.38. The standard InChI is InChI=1S/C28H46N4O5/c1-8-11-18-30-25(34)24(21-14-12-20(10-3)13-15-21)32(19(4)9-2)26(35)22(16-17-23(29)33)31-27(36)37-28(5,6)7/h12-15,19,22,24H,8-11,16-18H2,1-7H3,(H2,29,33)(H,30,34)(H,31,36). The van der Waals surface area contributed by atoms with Crippen molar-refractivity contribution in [1.29, 1.82) is 0 Å². The first-order chi connectivity index (χ1) is 17.3. The number of unbranched alkanes of at least 4 members (excludes halogenated alkanes) is 1. The first kappa shape index (κ1) is 31.9. The van der Waals surface area contributed by atoms with Crippen LogP contribution in [-0.4, -0.2) is 52.9 Å². The molecule has 0 heterocycles. The molecule has 9 nitrogen and oxygen atoms in total. The van der Waals surface area contributed by atoms with Gasteiger partial charge in [0.2, 0.25) is 17.7 Å². The van der Waals surface area contributed by atoms with Crippen LogP contribution in [0.15, 0.2) is 24.3 Å². The number of nitrogens with two attached hydrogens (primary N) is 1. The van der Waals surface area contributed by atoms with E-state index in [1.807, 2.05) is 52.0 Å². The van der Waals surface area contributed by atoms with Gasteiger partial charge in [-0.15, -0.1) is 0 Å². The predicted octanol–water partition coefficient (Wildman–Crippen LogP) is 3.99. The van der Waals surface area contributed by atoms with Crippen molar-refractivity contribution >= 4 is 23.8 Å². The van der Waals surface area contributed by atoms with Crippen LogP contribution in [0.1, 0.15) is 97.7 Å². The van der Waals surface area contributed by atoms with Gasteiger partial charge in [-0.1, -0.05) is 51.5 Å². The number of amides is 4. The molecule has 0 aromatic heterocycles. The second-order valence-corrected chi connectivity index (χ2v) is 10.3. The molecule has 0 aliphatic carbocycles. The van der Waals surface area contributed by atoms with Gasteiger partial charge in [-0.05, 0) is 64.5 Å². The number of ether oxygens (including phenoxy) is 1. The first-order valence-corrected chi connectivity index (χ1v) is 13.3. The summed E-state index contributed by atoms with van der Waals surface area (Å²) in [6.45, 7) is 13.5. The maximum atomic E-state index is 14.1. The van der Waals surface area contributed by atoms with Gasteiger partial charge in [0, 0.05) is 19.0 Å². The Labute approximate surface area is 221 Å². The summed E-state index contributed by atoms with van der Waals surface area (Å²) >= 11 is 0. The highest BCUT2D eigenvalue weighted by Crippen LogP contribution is 2.27. The largest absolute Gasteiger partial charge is 0.444 e. The lowest BCUT2D eigenvalue weighted by Crippen LogP contribution is -2.55. The van der Waals surface area contributed by atoms with E-state index in [2.05, 4.69) is 10.6 Å². The Morgan fingerprint density at radius 1 is 1.05 bits per heavy atom. The number of nitrogens with one attached hydrogen (secondary N) is 2. The van der Waals surface area contributed by atoms with Crippen molar-refractivity contribution in [3.05, 3.63) is 35.4 Å². The summed E-state index contributed by atoms with van der Waals surface area (Å²) in [5, 5.41) is 5.58. The Bertz CT molecular complexity index is 895. The summed E-state index contributed by atoms with van der Waals surface area (Å²) in [6.07, 6.45) is 2.24. The van der Waals surface area contributed by atoms with Gasteiger partial charge in [0.25, 0.3) is 0 Å². The third kappa shape index (κ3) is 10.8. The van der Waals surface area contributed by atoms with E-state index in [1.54, 1.807) is 20.8 Å². The summed E-state index contributed by atoms with van der Waals surface area (Å²) in [5.41, 5.74) is 6.37. The van der Waals surface area contributed by atoms with Gasteiger partial charge >= 0.3 is 6.09 Å². The van der Waals surface area contributed by atoms with Crippen LogP contribution in [0.4, 0.5) is 4.79 Å². The van der Waals surface area contributed by atoms with Crippen molar-refractivity contribution in [2.45, 2.75) is 111 Å². The highest BCUT2D eigenvalue weighted by atomic mass is 16.6. The van der Waals surface area contributed by atoms with Gasteiger partial charge in [0.15, 0.2) is 0 Å². The predicted molar refractivity (Wildman–Crippen MR) is 145 cm³/mol. The second kappa shape index (κ2) is 15.2. The third-order valence-corrected chi connectivity index (χ3v) is 6.05. The van der Waals surface area contributed by atoms with Crippen molar-refractivity contribution in [3.63, 3.8) is 0 Å². The molecular formula is C28H46N4O5. The van der Waals surface area contributed by atoms with Crippen LogP contribution < -0.4 is 16.4 Å². The Morgan fingerprint density at radius 2 is 1.68 bits per heavy atom. The van der Waals surface area contributed by atoms with E-state index in [1.165, 1.54) is 4.90 Å². The summed E-state index contributed by atoms with van der Waals surface area (Å²) in [6, 6.07) is 5.28. The van der Waals surface area contributed by atoms with E-state index in [-0.39, 0.29) is 24.8 Å². The number of benzene rings is 1. The van der Waals surface area contributed by atoms with Gasteiger partial charge in [0.1, 0.15) is 17.7 Å². The van der Waals surface area contributed by atoms with Crippen LogP contribution in [-0.2, 0) is 25.5 Å². The van der Waals surface area contributed by atoms with Crippen LogP contribution in [0.3, 0.4) is 0 Å². The smallest absolute Gasteiger partial charge is 0.408 e. The molecule has 1 aromatic carbocycles. The fourth-order valence-electron chi connectivity index (χ4n) is 3.83. The number of primary amides is 1. The number of nitrogens with zero attached hydrogens (tertiary/aromatic N) is 1. The molecule has 4 N–H and O–H groups in total. The molecule has 4 amide bonds. The van der Waals surface area contributed by atoms with E-state index in [0.717, 1.165) is 24.8 Å². The molecule has 208 valence electrons. The normalized spacial score (nSPS) is 13.7. The molecule has 0 radical (unpaired) electrons. The Balaban J connectivity index is 3.50. The van der Waals surface area contributed by atoms with E-state index >= 15 is 0 Å². The minimum Gasteiger partial charge on any atom is -0.444 e. The molecule has 0 fully saturated rings. The molecule has 0 bridgehead atoms. The summed E-state index contributed by atoms with van der Waals surface area (Å²) < 4.78 is 5.36. The highest BCUT2D eigenvalue weighted by molar-refractivity contribution is 5.92. The SMILES string of the molecule is CCCCNC(=O)C(c1ccc(CC)cc1)N(C(=O)C(CCC(N)=O)NC(=O)OC(C)(C)C)C(C)CC. The van der Waals surface area contributed by atoms with Gasteiger partial charge in [-0.25, -0.2) is 4.79 Å². The van der Waals surface area contributed by atoms with E-state index in [4.69, 9.17) is 10.5 Å². The molecule has 3 unspecified atom stereocenters. The van der Waals surface area contributed by atoms with Crippen LogP contribution in [0.5, 0.6) is 0 Å². The molecular weight excluding hydrogens is 472 g/mol. The zero-order chi connectivity index (χ0) is 28.2. The molecule has 3 atom stereocenters. The molecule has 0 aliphatic heterocycles. The fraction of sp³-hybridized carbons (Fsp3) is 0.643. The topological polar surface area (TPSA) is 131 Å². The molecule has 0 saturated heterocycles. The zero-order valence-corrected chi connectivity index (χ0v) is 23.6. The van der Waals surface area contributed by atoms with Crippen molar-refractivity contribution in [3.8, 4) is 0 Å². The van der Waals surface area contributed by atoms with Crippen LogP contribution in [0.25, 0.3) is 0 Å². The number of carbonyl (C=O) groups excluding carboxylic acids is 4. The number of aryl methyl sites for hydroxylation is 1. The number of carbonyl (C=O) groups is 4. The molecule has 1 aromatic rings.